The Morgan fingerprint density at radius 2 is 1.81 bits per heavy atom. The van der Waals surface area contributed by atoms with E-state index in [1.807, 2.05) is 30.3 Å². The fraction of sp³-hybridized carbons (Fsp3) is 0.125. The average molecular weight is 434 g/mol. The average Bonchev–Trinajstić information content (AvgIpc) is 3.06. The van der Waals surface area contributed by atoms with Crippen LogP contribution in [0.25, 0.3) is 16.8 Å². The van der Waals surface area contributed by atoms with Gasteiger partial charge in [-0.2, -0.15) is 0 Å². The van der Waals surface area contributed by atoms with Crippen molar-refractivity contribution in [3.05, 3.63) is 83.3 Å². The van der Waals surface area contributed by atoms with Crippen molar-refractivity contribution in [3.8, 4) is 5.75 Å². The van der Waals surface area contributed by atoms with Crippen LogP contribution in [0.5, 0.6) is 5.75 Å². The third kappa shape index (κ3) is 4.29. The first-order valence-electron chi connectivity index (χ1n) is 9.76. The van der Waals surface area contributed by atoms with E-state index in [2.05, 4.69) is 10.1 Å². The molecule has 1 fully saturated rings. The Hall–Kier alpha value is -4.20. The van der Waals surface area contributed by atoms with Gasteiger partial charge in [-0.1, -0.05) is 42.5 Å². The number of amides is 3. The zero-order valence-corrected chi connectivity index (χ0v) is 17.1. The first-order valence-corrected chi connectivity index (χ1v) is 9.76. The molecule has 0 aliphatic carbocycles. The minimum absolute atomic E-state index is 0.0156. The molecule has 0 bridgehead atoms. The van der Waals surface area contributed by atoms with Gasteiger partial charge in [0.25, 0.3) is 5.91 Å². The Morgan fingerprint density at radius 3 is 2.56 bits per heavy atom. The van der Waals surface area contributed by atoms with E-state index in [4.69, 9.17) is 4.74 Å². The SMILES string of the molecule is COC(=O)CN1C(=O)N/C(=C/c2c(OCc3ccc(F)cc3)ccc3ccccc23)C1=O. The number of benzene rings is 3. The monoisotopic (exact) mass is 434 g/mol. The summed E-state index contributed by atoms with van der Waals surface area (Å²) in [6, 6.07) is 16.4. The first kappa shape index (κ1) is 21.0. The molecule has 0 spiro atoms. The summed E-state index contributed by atoms with van der Waals surface area (Å²) in [5.74, 6) is -1.20. The van der Waals surface area contributed by atoms with Crippen molar-refractivity contribution in [2.24, 2.45) is 0 Å². The normalized spacial score (nSPS) is 14.7. The third-order valence-electron chi connectivity index (χ3n) is 5.00. The van der Waals surface area contributed by atoms with Crippen LogP contribution in [-0.4, -0.2) is 36.5 Å². The quantitative estimate of drug-likeness (QED) is 0.364. The number of carbonyl (C=O) groups excluding carboxylic acids is 3. The maximum atomic E-state index is 13.2. The minimum Gasteiger partial charge on any atom is -0.488 e. The molecule has 0 unspecified atom stereocenters. The molecule has 1 heterocycles. The van der Waals surface area contributed by atoms with Gasteiger partial charge in [-0.15, -0.1) is 0 Å². The molecule has 1 aliphatic heterocycles. The fourth-order valence-electron chi connectivity index (χ4n) is 3.35. The number of esters is 1. The summed E-state index contributed by atoms with van der Waals surface area (Å²) in [6.07, 6.45) is 1.53. The van der Waals surface area contributed by atoms with E-state index < -0.39 is 24.5 Å². The number of urea groups is 1. The second-order valence-electron chi connectivity index (χ2n) is 7.07. The fourth-order valence-corrected chi connectivity index (χ4v) is 3.35. The number of nitrogens with one attached hydrogen (secondary N) is 1. The van der Waals surface area contributed by atoms with E-state index in [0.717, 1.165) is 21.2 Å². The van der Waals surface area contributed by atoms with Gasteiger partial charge in [-0.05, 0) is 40.6 Å². The smallest absolute Gasteiger partial charge is 0.329 e. The lowest BCUT2D eigenvalue weighted by atomic mass is 10.0. The maximum absolute atomic E-state index is 13.2. The molecule has 0 atom stereocenters. The van der Waals surface area contributed by atoms with E-state index >= 15 is 0 Å². The van der Waals surface area contributed by atoms with Crippen molar-refractivity contribution in [1.82, 2.24) is 10.2 Å². The Labute approximate surface area is 183 Å². The number of methoxy groups -OCH3 is 1. The van der Waals surface area contributed by atoms with Gasteiger partial charge in [0, 0.05) is 5.56 Å². The molecule has 7 nitrogen and oxygen atoms in total. The van der Waals surface area contributed by atoms with Crippen molar-refractivity contribution in [3.63, 3.8) is 0 Å². The van der Waals surface area contributed by atoms with E-state index in [9.17, 15) is 18.8 Å². The Balaban J connectivity index is 1.69. The van der Waals surface area contributed by atoms with Crippen LogP contribution in [0, 0.1) is 5.82 Å². The summed E-state index contributed by atoms with van der Waals surface area (Å²) in [6.45, 7) is -0.300. The lowest BCUT2D eigenvalue weighted by Crippen LogP contribution is -2.36. The molecule has 32 heavy (non-hydrogen) atoms. The summed E-state index contributed by atoms with van der Waals surface area (Å²) in [5, 5.41) is 4.22. The number of nitrogens with zero attached hydrogens (tertiary/aromatic N) is 1. The second-order valence-corrected chi connectivity index (χ2v) is 7.07. The molecule has 3 aromatic carbocycles. The minimum atomic E-state index is -0.708. The number of fused-ring (bicyclic) bond motifs is 1. The third-order valence-corrected chi connectivity index (χ3v) is 5.00. The highest BCUT2D eigenvalue weighted by Gasteiger charge is 2.35. The molecule has 3 aromatic rings. The Bertz CT molecular complexity index is 1240. The molecule has 0 saturated carbocycles. The first-order chi connectivity index (χ1) is 15.5. The summed E-state index contributed by atoms with van der Waals surface area (Å²) in [7, 11) is 1.18. The highest BCUT2D eigenvalue weighted by molar-refractivity contribution is 6.16. The summed E-state index contributed by atoms with van der Waals surface area (Å²) >= 11 is 0. The molecule has 1 N–H and O–H groups in total. The molecule has 162 valence electrons. The molecule has 3 amide bonds. The highest BCUT2D eigenvalue weighted by atomic mass is 19.1. The lowest BCUT2D eigenvalue weighted by Gasteiger charge is -2.13. The number of hydrogen-bond acceptors (Lipinski definition) is 5. The predicted molar refractivity (Wildman–Crippen MR) is 115 cm³/mol. The van der Waals surface area contributed by atoms with E-state index in [1.165, 1.54) is 25.3 Å². The van der Waals surface area contributed by atoms with Gasteiger partial charge < -0.3 is 14.8 Å². The number of hydrogen-bond donors (Lipinski definition) is 1. The van der Waals surface area contributed by atoms with Crippen LogP contribution < -0.4 is 10.1 Å². The van der Waals surface area contributed by atoms with Crippen LogP contribution in [0.3, 0.4) is 0 Å². The van der Waals surface area contributed by atoms with Crippen molar-refractivity contribution in [2.45, 2.75) is 6.61 Å². The predicted octanol–water partition coefficient (Wildman–Crippen LogP) is 3.62. The lowest BCUT2D eigenvalue weighted by molar-refractivity contribution is -0.143. The van der Waals surface area contributed by atoms with Crippen LogP contribution in [0.4, 0.5) is 9.18 Å². The Morgan fingerprint density at radius 1 is 1.06 bits per heavy atom. The molecule has 1 aliphatic rings. The maximum Gasteiger partial charge on any atom is 0.329 e. The van der Waals surface area contributed by atoms with Gasteiger partial charge in [-0.3, -0.25) is 9.59 Å². The van der Waals surface area contributed by atoms with Crippen LogP contribution in [-0.2, 0) is 20.9 Å². The van der Waals surface area contributed by atoms with Crippen LogP contribution in [0.15, 0.2) is 66.4 Å². The molecule has 4 rings (SSSR count). The second kappa shape index (κ2) is 8.89. The zero-order chi connectivity index (χ0) is 22.7. The van der Waals surface area contributed by atoms with Crippen LogP contribution >= 0.6 is 0 Å². The van der Waals surface area contributed by atoms with Gasteiger partial charge in [0.05, 0.1) is 7.11 Å². The topological polar surface area (TPSA) is 84.9 Å². The number of rotatable bonds is 6. The van der Waals surface area contributed by atoms with Gasteiger partial charge in [0.2, 0.25) is 0 Å². The molecule has 8 heteroatoms. The molecule has 0 aromatic heterocycles. The van der Waals surface area contributed by atoms with Crippen LogP contribution in [0.2, 0.25) is 0 Å². The van der Waals surface area contributed by atoms with Gasteiger partial charge in [-0.25, -0.2) is 14.1 Å². The summed E-state index contributed by atoms with van der Waals surface area (Å²) in [4.78, 5) is 37.2. The largest absolute Gasteiger partial charge is 0.488 e. The van der Waals surface area contributed by atoms with Crippen molar-refractivity contribution < 1.29 is 28.2 Å². The number of ether oxygens (including phenoxy) is 2. The van der Waals surface area contributed by atoms with Crippen molar-refractivity contribution >= 4 is 34.8 Å². The Kier molecular flexibility index (Phi) is 5.85. The summed E-state index contributed by atoms with van der Waals surface area (Å²) < 4.78 is 23.7. The zero-order valence-electron chi connectivity index (χ0n) is 17.1. The number of carbonyl (C=O) groups is 3. The van der Waals surface area contributed by atoms with Crippen molar-refractivity contribution in [1.29, 1.82) is 0 Å². The van der Waals surface area contributed by atoms with Gasteiger partial charge in [0.1, 0.15) is 30.4 Å². The number of halogens is 1. The van der Waals surface area contributed by atoms with E-state index in [-0.39, 0.29) is 18.1 Å². The number of imide groups is 1. The van der Waals surface area contributed by atoms with Crippen LogP contribution in [0.1, 0.15) is 11.1 Å². The standard InChI is InChI=1S/C24H19FN2O5/c1-31-22(28)13-27-23(29)20(26-24(27)30)12-19-18-5-3-2-4-16(18)8-11-21(19)32-14-15-6-9-17(25)10-7-15/h2-12H,13-14H2,1H3,(H,26,30)/b20-12+. The van der Waals surface area contributed by atoms with Crippen molar-refractivity contribution in [2.75, 3.05) is 13.7 Å². The highest BCUT2D eigenvalue weighted by Crippen LogP contribution is 2.31. The van der Waals surface area contributed by atoms with Gasteiger partial charge in [0.15, 0.2) is 0 Å². The molecular weight excluding hydrogens is 415 g/mol. The molecule has 1 saturated heterocycles. The molecule has 0 radical (unpaired) electrons. The molecular formula is C24H19FN2O5. The van der Waals surface area contributed by atoms with E-state index in [0.29, 0.717) is 11.3 Å². The van der Waals surface area contributed by atoms with E-state index in [1.54, 1.807) is 18.2 Å². The summed E-state index contributed by atoms with van der Waals surface area (Å²) in [5.41, 5.74) is 1.38. The van der Waals surface area contributed by atoms with Gasteiger partial charge >= 0.3 is 12.0 Å².